The van der Waals surface area contributed by atoms with Crippen LogP contribution in [0.5, 0.6) is 0 Å². The summed E-state index contributed by atoms with van der Waals surface area (Å²) in [6, 6.07) is 7.61. The molecule has 1 amide bonds. The number of rotatable bonds is 4. The SMILES string of the molecule is O=C(Nc1nc(C2CC2)cs1)C1(c2cccc(Cl)c2)CC1. The molecule has 0 unspecified atom stereocenters. The molecule has 3 nitrogen and oxygen atoms in total. The monoisotopic (exact) mass is 318 g/mol. The van der Waals surface area contributed by atoms with Crippen LogP contribution in [0.4, 0.5) is 5.13 Å². The van der Waals surface area contributed by atoms with Gasteiger partial charge < -0.3 is 5.32 Å². The van der Waals surface area contributed by atoms with Crippen molar-refractivity contribution in [1.82, 2.24) is 4.98 Å². The van der Waals surface area contributed by atoms with Gasteiger partial charge in [0.15, 0.2) is 5.13 Å². The van der Waals surface area contributed by atoms with E-state index in [1.807, 2.05) is 24.3 Å². The number of aromatic nitrogens is 1. The van der Waals surface area contributed by atoms with Gasteiger partial charge in [-0.25, -0.2) is 4.98 Å². The minimum Gasteiger partial charge on any atom is -0.301 e. The maximum absolute atomic E-state index is 12.6. The van der Waals surface area contributed by atoms with E-state index in [0.717, 1.165) is 29.2 Å². The number of hydrogen-bond donors (Lipinski definition) is 1. The zero-order chi connectivity index (χ0) is 14.4. The molecule has 21 heavy (non-hydrogen) atoms. The van der Waals surface area contributed by atoms with Crippen molar-refractivity contribution in [3.63, 3.8) is 0 Å². The normalized spacial score (nSPS) is 19.3. The molecule has 2 fully saturated rings. The molecule has 108 valence electrons. The molecule has 1 aromatic heterocycles. The molecule has 2 saturated carbocycles. The predicted octanol–water partition coefficient (Wildman–Crippen LogP) is 4.34. The van der Waals surface area contributed by atoms with E-state index in [0.29, 0.717) is 10.9 Å². The number of halogens is 1. The first-order valence-electron chi connectivity index (χ1n) is 7.20. The summed E-state index contributed by atoms with van der Waals surface area (Å²) in [6.07, 6.45) is 4.20. The first kappa shape index (κ1) is 13.3. The molecule has 0 saturated heterocycles. The molecular formula is C16H15ClN2OS. The number of thiazole rings is 1. The molecule has 2 aliphatic rings. The Morgan fingerprint density at radius 3 is 2.86 bits per heavy atom. The highest BCUT2D eigenvalue weighted by Crippen LogP contribution is 2.49. The van der Waals surface area contributed by atoms with Gasteiger partial charge in [-0.3, -0.25) is 4.79 Å². The van der Waals surface area contributed by atoms with Crippen LogP contribution >= 0.6 is 22.9 Å². The molecule has 0 atom stereocenters. The number of anilines is 1. The van der Waals surface area contributed by atoms with E-state index >= 15 is 0 Å². The van der Waals surface area contributed by atoms with Crippen molar-refractivity contribution < 1.29 is 4.79 Å². The van der Waals surface area contributed by atoms with E-state index in [2.05, 4.69) is 15.7 Å². The Balaban J connectivity index is 1.53. The molecule has 1 aromatic carbocycles. The zero-order valence-electron chi connectivity index (χ0n) is 11.4. The van der Waals surface area contributed by atoms with Crippen LogP contribution in [0.1, 0.15) is 42.9 Å². The highest BCUT2D eigenvalue weighted by molar-refractivity contribution is 7.14. The van der Waals surface area contributed by atoms with Gasteiger partial charge in [-0.05, 0) is 43.4 Å². The van der Waals surface area contributed by atoms with Gasteiger partial charge in [-0.2, -0.15) is 0 Å². The summed E-state index contributed by atoms with van der Waals surface area (Å²) in [7, 11) is 0. The number of benzene rings is 1. The molecule has 4 rings (SSSR count). The van der Waals surface area contributed by atoms with Crippen LogP contribution in [-0.4, -0.2) is 10.9 Å². The molecule has 0 radical (unpaired) electrons. The van der Waals surface area contributed by atoms with Crippen molar-refractivity contribution in [3.8, 4) is 0 Å². The number of carbonyl (C=O) groups is 1. The molecular weight excluding hydrogens is 304 g/mol. The lowest BCUT2D eigenvalue weighted by molar-refractivity contribution is -0.118. The summed E-state index contributed by atoms with van der Waals surface area (Å²) in [5, 5.41) is 6.45. The Hall–Kier alpha value is -1.39. The lowest BCUT2D eigenvalue weighted by Crippen LogP contribution is -2.27. The molecule has 5 heteroatoms. The maximum Gasteiger partial charge on any atom is 0.236 e. The number of amides is 1. The van der Waals surface area contributed by atoms with E-state index in [9.17, 15) is 4.79 Å². The Morgan fingerprint density at radius 2 is 2.19 bits per heavy atom. The van der Waals surface area contributed by atoms with Crippen LogP contribution in [0, 0.1) is 0 Å². The number of carbonyl (C=O) groups excluding carboxylic acids is 1. The maximum atomic E-state index is 12.6. The van der Waals surface area contributed by atoms with Gasteiger partial charge >= 0.3 is 0 Å². The fourth-order valence-electron chi connectivity index (χ4n) is 2.68. The van der Waals surface area contributed by atoms with Crippen LogP contribution in [0.25, 0.3) is 0 Å². The quantitative estimate of drug-likeness (QED) is 0.911. The van der Waals surface area contributed by atoms with Gasteiger partial charge in [0, 0.05) is 16.3 Å². The second-order valence-corrected chi connectivity index (χ2v) is 7.19. The van der Waals surface area contributed by atoms with Gasteiger partial charge in [-0.15, -0.1) is 11.3 Å². The van der Waals surface area contributed by atoms with Gasteiger partial charge in [-0.1, -0.05) is 23.7 Å². The van der Waals surface area contributed by atoms with E-state index in [4.69, 9.17) is 11.6 Å². The second-order valence-electron chi connectivity index (χ2n) is 5.90. The molecule has 0 spiro atoms. The number of hydrogen-bond acceptors (Lipinski definition) is 3. The van der Waals surface area contributed by atoms with Crippen molar-refractivity contribution in [1.29, 1.82) is 0 Å². The summed E-state index contributed by atoms with van der Waals surface area (Å²) in [4.78, 5) is 17.1. The molecule has 2 aliphatic carbocycles. The van der Waals surface area contributed by atoms with Gasteiger partial charge in [0.1, 0.15) is 0 Å². The third-order valence-corrected chi connectivity index (χ3v) is 5.31. The first-order chi connectivity index (χ1) is 10.2. The molecule has 1 N–H and O–H groups in total. The summed E-state index contributed by atoms with van der Waals surface area (Å²) in [5.41, 5.74) is 1.73. The summed E-state index contributed by atoms with van der Waals surface area (Å²) >= 11 is 7.57. The molecule has 0 aliphatic heterocycles. The van der Waals surface area contributed by atoms with Crippen LogP contribution in [0.2, 0.25) is 5.02 Å². The van der Waals surface area contributed by atoms with E-state index in [-0.39, 0.29) is 5.91 Å². The number of nitrogens with zero attached hydrogens (tertiary/aromatic N) is 1. The predicted molar refractivity (Wildman–Crippen MR) is 85.1 cm³/mol. The highest BCUT2D eigenvalue weighted by Gasteiger charge is 2.51. The lowest BCUT2D eigenvalue weighted by atomic mass is 9.95. The van der Waals surface area contributed by atoms with Crippen molar-refractivity contribution in [3.05, 3.63) is 45.9 Å². The van der Waals surface area contributed by atoms with Crippen LogP contribution < -0.4 is 5.32 Å². The van der Waals surface area contributed by atoms with E-state index < -0.39 is 5.41 Å². The Labute approximate surface area is 132 Å². The third-order valence-electron chi connectivity index (χ3n) is 4.30. The van der Waals surface area contributed by atoms with E-state index in [1.54, 1.807) is 0 Å². The number of nitrogens with one attached hydrogen (secondary N) is 1. The van der Waals surface area contributed by atoms with Crippen molar-refractivity contribution >= 4 is 34.0 Å². The summed E-state index contributed by atoms with van der Waals surface area (Å²) in [6.45, 7) is 0. The Morgan fingerprint density at radius 1 is 1.38 bits per heavy atom. The van der Waals surface area contributed by atoms with Crippen molar-refractivity contribution in [2.75, 3.05) is 5.32 Å². The minimum absolute atomic E-state index is 0.0430. The Bertz CT molecular complexity index is 704. The molecule has 0 bridgehead atoms. The third kappa shape index (κ3) is 2.47. The van der Waals surface area contributed by atoms with Crippen molar-refractivity contribution in [2.45, 2.75) is 37.0 Å². The Kier molecular flexibility index (Phi) is 3.05. The highest BCUT2D eigenvalue weighted by atomic mass is 35.5. The van der Waals surface area contributed by atoms with Crippen LogP contribution in [0.15, 0.2) is 29.6 Å². The first-order valence-corrected chi connectivity index (χ1v) is 8.46. The fourth-order valence-corrected chi connectivity index (χ4v) is 3.66. The minimum atomic E-state index is -0.406. The summed E-state index contributed by atoms with van der Waals surface area (Å²) in [5.74, 6) is 0.663. The zero-order valence-corrected chi connectivity index (χ0v) is 13.0. The standard InChI is InChI=1S/C16H15ClN2OS/c17-12-3-1-2-11(8-12)16(6-7-16)14(20)19-15-18-13(9-21-15)10-4-5-10/h1-3,8-10H,4-7H2,(H,18,19,20). The molecule has 1 heterocycles. The summed E-state index contributed by atoms with van der Waals surface area (Å²) < 4.78 is 0. The topological polar surface area (TPSA) is 42.0 Å². The average Bonchev–Trinajstić information content (AvgIpc) is 3.38. The van der Waals surface area contributed by atoms with Crippen LogP contribution in [0.3, 0.4) is 0 Å². The fraction of sp³-hybridized carbons (Fsp3) is 0.375. The van der Waals surface area contributed by atoms with Gasteiger partial charge in [0.25, 0.3) is 0 Å². The smallest absolute Gasteiger partial charge is 0.236 e. The van der Waals surface area contributed by atoms with Crippen molar-refractivity contribution in [2.24, 2.45) is 0 Å². The van der Waals surface area contributed by atoms with Crippen LogP contribution in [-0.2, 0) is 10.2 Å². The van der Waals surface area contributed by atoms with Gasteiger partial charge in [0.2, 0.25) is 5.91 Å². The van der Waals surface area contributed by atoms with E-state index in [1.165, 1.54) is 24.2 Å². The average molecular weight is 319 g/mol. The largest absolute Gasteiger partial charge is 0.301 e. The second kappa shape index (κ2) is 4.82. The molecule has 2 aromatic rings. The van der Waals surface area contributed by atoms with Gasteiger partial charge in [0.05, 0.1) is 11.1 Å². The lowest BCUT2D eigenvalue weighted by Gasteiger charge is -2.14.